The van der Waals surface area contributed by atoms with Gasteiger partial charge in [0.15, 0.2) is 0 Å². The fourth-order valence-electron chi connectivity index (χ4n) is 3.30. The minimum Gasteiger partial charge on any atom is -0.465 e. The number of nitrogens with zero attached hydrogens (tertiary/aromatic N) is 3. The van der Waals surface area contributed by atoms with Gasteiger partial charge in [0, 0.05) is 18.0 Å². The van der Waals surface area contributed by atoms with E-state index < -0.39 is 6.09 Å². The summed E-state index contributed by atoms with van der Waals surface area (Å²) in [6, 6.07) is 3.95. The van der Waals surface area contributed by atoms with Gasteiger partial charge in [0.05, 0.1) is 5.69 Å². The molecule has 3 rings (SSSR count). The molecule has 2 fully saturated rings. The normalized spacial score (nSPS) is 30.4. The molecule has 6 heteroatoms. The van der Waals surface area contributed by atoms with E-state index in [9.17, 15) is 9.90 Å². The second kappa shape index (κ2) is 4.12. The maximum Gasteiger partial charge on any atom is 0.407 e. The Kier molecular flexibility index (Phi) is 2.57. The van der Waals surface area contributed by atoms with Gasteiger partial charge in [-0.05, 0) is 37.8 Å². The fraction of sp³-hybridized carbons (Fsp3) is 0.583. The van der Waals surface area contributed by atoms with Gasteiger partial charge >= 0.3 is 6.09 Å². The zero-order valence-corrected chi connectivity index (χ0v) is 9.99. The maximum absolute atomic E-state index is 11.2. The van der Waals surface area contributed by atoms with E-state index in [0.29, 0.717) is 11.7 Å². The van der Waals surface area contributed by atoms with Crippen LogP contribution in [0.1, 0.15) is 37.3 Å². The molecule has 18 heavy (non-hydrogen) atoms. The standard InChI is InChI=1S/C12H16N4O2/c13-11-4-3-10(14-15-11)7-5-8-1-2-9(6-7)16(8)12(17)18/h3-4,7-9H,1-2,5-6H2,(H2,13,15)(H,17,18). The first-order valence-corrected chi connectivity index (χ1v) is 6.25. The minimum atomic E-state index is -0.788. The van der Waals surface area contributed by atoms with Gasteiger partial charge in [0.2, 0.25) is 0 Å². The van der Waals surface area contributed by atoms with Crippen LogP contribution in [0.2, 0.25) is 0 Å². The highest BCUT2D eigenvalue weighted by Gasteiger charge is 2.44. The smallest absolute Gasteiger partial charge is 0.407 e. The van der Waals surface area contributed by atoms with Gasteiger partial charge < -0.3 is 15.7 Å². The number of hydrogen-bond acceptors (Lipinski definition) is 4. The zero-order chi connectivity index (χ0) is 12.7. The first-order chi connectivity index (χ1) is 8.65. The highest BCUT2D eigenvalue weighted by atomic mass is 16.4. The Morgan fingerprint density at radius 3 is 2.44 bits per heavy atom. The van der Waals surface area contributed by atoms with E-state index in [-0.39, 0.29) is 12.1 Å². The van der Waals surface area contributed by atoms with Crippen molar-refractivity contribution in [3.63, 3.8) is 0 Å². The molecule has 0 aromatic carbocycles. The number of carbonyl (C=O) groups is 1. The van der Waals surface area contributed by atoms with Crippen molar-refractivity contribution in [3.8, 4) is 0 Å². The summed E-state index contributed by atoms with van der Waals surface area (Å²) in [5.41, 5.74) is 6.46. The largest absolute Gasteiger partial charge is 0.465 e. The molecule has 0 aliphatic carbocycles. The Bertz CT molecular complexity index is 448. The fourth-order valence-corrected chi connectivity index (χ4v) is 3.30. The summed E-state index contributed by atoms with van der Waals surface area (Å²) >= 11 is 0. The van der Waals surface area contributed by atoms with Gasteiger partial charge in [-0.3, -0.25) is 0 Å². The third kappa shape index (κ3) is 1.77. The molecule has 1 amide bonds. The molecule has 1 aromatic rings. The molecule has 2 aliphatic heterocycles. The predicted octanol–water partition coefficient (Wildman–Crippen LogP) is 1.45. The third-order valence-corrected chi connectivity index (χ3v) is 4.08. The van der Waals surface area contributed by atoms with Crippen LogP contribution in [-0.2, 0) is 0 Å². The van der Waals surface area contributed by atoms with Crippen molar-refractivity contribution in [2.45, 2.75) is 43.7 Å². The monoisotopic (exact) mass is 248 g/mol. The topological polar surface area (TPSA) is 92.3 Å². The lowest BCUT2D eigenvalue weighted by atomic mass is 9.88. The number of nitrogens with two attached hydrogens (primary N) is 1. The summed E-state index contributed by atoms with van der Waals surface area (Å²) < 4.78 is 0. The van der Waals surface area contributed by atoms with Crippen molar-refractivity contribution < 1.29 is 9.90 Å². The summed E-state index contributed by atoms with van der Waals surface area (Å²) in [7, 11) is 0. The molecule has 2 saturated heterocycles. The number of carboxylic acid groups (broad SMARTS) is 1. The van der Waals surface area contributed by atoms with Crippen LogP contribution in [0.3, 0.4) is 0 Å². The highest BCUT2D eigenvalue weighted by molar-refractivity contribution is 5.66. The lowest BCUT2D eigenvalue weighted by Gasteiger charge is -2.36. The lowest BCUT2D eigenvalue weighted by Crippen LogP contribution is -2.45. The lowest BCUT2D eigenvalue weighted by molar-refractivity contribution is 0.0960. The van der Waals surface area contributed by atoms with Gasteiger partial charge in [-0.15, -0.1) is 5.10 Å². The van der Waals surface area contributed by atoms with Crippen molar-refractivity contribution in [2.75, 3.05) is 5.73 Å². The number of fused-ring (bicyclic) bond motifs is 2. The van der Waals surface area contributed by atoms with Crippen molar-refractivity contribution in [1.29, 1.82) is 0 Å². The predicted molar refractivity (Wildman–Crippen MR) is 65.1 cm³/mol. The van der Waals surface area contributed by atoms with E-state index in [2.05, 4.69) is 10.2 Å². The molecule has 3 heterocycles. The Morgan fingerprint density at radius 1 is 1.28 bits per heavy atom. The molecule has 6 nitrogen and oxygen atoms in total. The van der Waals surface area contributed by atoms with Crippen LogP contribution in [-0.4, -0.2) is 38.4 Å². The Morgan fingerprint density at radius 2 is 1.94 bits per heavy atom. The average Bonchev–Trinajstić information content (AvgIpc) is 2.62. The molecule has 2 bridgehead atoms. The second-order valence-corrected chi connectivity index (χ2v) is 5.13. The molecule has 2 atom stereocenters. The van der Waals surface area contributed by atoms with Crippen LogP contribution in [0.4, 0.5) is 10.6 Å². The first-order valence-electron chi connectivity index (χ1n) is 6.25. The van der Waals surface area contributed by atoms with E-state index >= 15 is 0 Å². The maximum atomic E-state index is 11.2. The second-order valence-electron chi connectivity index (χ2n) is 5.13. The van der Waals surface area contributed by atoms with Gasteiger partial charge in [-0.25, -0.2) is 4.79 Å². The van der Waals surface area contributed by atoms with E-state index in [1.54, 1.807) is 11.0 Å². The first kappa shape index (κ1) is 11.3. The van der Waals surface area contributed by atoms with E-state index in [0.717, 1.165) is 31.4 Å². The molecular weight excluding hydrogens is 232 g/mol. The van der Waals surface area contributed by atoms with Gasteiger partial charge in [0.25, 0.3) is 0 Å². The minimum absolute atomic E-state index is 0.144. The molecule has 0 radical (unpaired) electrons. The number of piperidine rings is 1. The molecule has 2 aliphatic rings. The van der Waals surface area contributed by atoms with Crippen LogP contribution >= 0.6 is 0 Å². The number of anilines is 1. The van der Waals surface area contributed by atoms with E-state index in [4.69, 9.17) is 5.73 Å². The van der Waals surface area contributed by atoms with Gasteiger partial charge in [-0.1, -0.05) is 0 Å². The summed E-state index contributed by atoms with van der Waals surface area (Å²) in [5, 5.41) is 17.2. The average molecular weight is 248 g/mol. The van der Waals surface area contributed by atoms with E-state index in [1.807, 2.05) is 6.07 Å². The Balaban J connectivity index is 1.79. The quantitative estimate of drug-likeness (QED) is 0.784. The van der Waals surface area contributed by atoms with Crippen LogP contribution < -0.4 is 5.73 Å². The molecule has 0 spiro atoms. The zero-order valence-electron chi connectivity index (χ0n) is 9.99. The molecule has 0 saturated carbocycles. The Labute approximate surface area is 105 Å². The van der Waals surface area contributed by atoms with Crippen LogP contribution in [0, 0.1) is 0 Å². The number of rotatable bonds is 1. The molecule has 1 aromatic heterocycles. The molecule has 2 unspecified atom stereocenters. The van der Waals surface area contributed by atoms with Crippen LogP contribution in [0.15, 0.2) is 12.1 Å². The molecular formula is C12H16N4O2. The van der Waals surface area contributed by atoms with Crippen molar-refractivity contribution in [1.82, 2.24) is 15.1 Å². The van der Waals surface area contributed by atoms with Crippen molar-refractivity contribution in [2.24, 2.45) is 0 Å². The summed E-state index contributed by atoms with van der Waals surface area (Å²) in [4.78, 5) is 12.8. The van der Waals surface area contributed by atoms with Crippen molar-refractivity contribution in [3.05, 3.63) is 17.8 Å². The Hall–Kier alpha value is -1.85. The van der Waals surface area contributed by atoms with Gasteiger partial charge in [-0.2, -0.15) is 5.10 Å². The number of hydrogen-bond donors (Lipinski definition) is 2. The van der Waals surface area contributed by atoms with Crippen LogP contribution in [0.25, 0.3) is 0 Å². The number of nitrogen functional groups attached to an aromatic ring is 1. The van der Waals surface area contributed by atoms with Gasteiger partial charge in [0.1, 0.15) is 5.82 Å². The number of aromatic nitrogens is 2. The van der Waals surface area contributed by atoms with Crippen LogP contribution in [0.5, 0.6) is 0 Å². The summed E-state index contributed by atoms with van der Waals surface area (Å²) in [6.45, 7) is 0. The third-order valence-electron chi connectivity index (χ3n) is 4.08. The summed E-state index contributed by atoms with van der Waals surface area (Å²) in [5.74, 6) is 0.732. The molecule has 3 N–H and O–H groups in total. The highest BCUT2D eigenvalue weighted by Crippen LogP contribution is 2.42. The summed E-state index contributed by atoms with van der Waals surface area (Å²) in [6.07, 6.45) is 2.85. The SMILES string of the molecule is Nc1ccc(C2CC3CCC(C2)N3C(=O)O)nn1. The van der Waals surface area contributed by atoms with Crippen molar-refractivity contribution >= 4 is 11.9 Å². The molecule has 96 valence electrons. The van der Waals surface area contributed by atoms with E-state index in [1.165, 1.54) is 0 Å². The number of amides is 1.